The highest BCUT2D eigenvalue weighted by Crippen LogP contribution is 2.31. The minimum Gasteiger partial charge on any atom is -0.360 e. The van der Waals surface area contributed by atoms with E-state index in [1.807, 2.05) is 13.8 Å². The molecular formula is C10H16F3N3. The van der Waals surface area contributed by atoms with Crippen LogP contribution in [0.2, 0.25) is 0 Å². The van der Waals surface area contributed by atoms with Crippen molar-refractivity contribution in [1.82, 2.24) is 9.78 Å². The van der Waals surface area contributed by atoms with Crippen LogP contribution >= 0.6 is 0 Å². The molecule has 0 aromatic carbocycles. The highest BCUT2D eigenvalue weighted by Gasteiger charge is 2.35. The average Bonchev–Trinajstić information content (AvgIpc) is 2.65. The molecule has 0 bridgehead atoms. The molecule has 0 amide bonds. The fourth-order valence-electron chi connectivity index (χ4n) is 1.59. The minimum absolute atomic E-state index is 0.545. The molecule has 0 atom stereocenters. The molecule has 0 fully saturated rings. The van der Waals surface area contributed by atoms with Gasteiger partial charge in [0, 0.05) is 26.2 Å². The highest BCUT2D eigenvalue weighted by atomic mass is 19.4. The van der Waals surface area contributed by atoms with Crippen LogP contribution in [-0.2, 0) is 12.7 Å². The number of fused-ring (bicyclic) bond motifs is 1. The van der Waals surface area contributed by atoms with E-state index < -0.39 is 11.9 Å². The number of hydrogen-bond acceptors (Lipinski definition) is 2. The second-order valence-electron chi connectivity index (χ2n) is 3.38. The molecule has 0 radical (unpaired) electrons. The maximum Gasteiger partial charge on any atom is 0.435 e. The van der Waals surface area contributed by atoms with Crippen molar-refractivity contribution in [2.75, 3.05) is 18.5 Å². The normalized spacial score (nSPS) is 15.2. The fourth-order valence-corrected chi connectivity index (χ4v) is 1.59. The molecule has 1 aromatic heterocycles. The molecule has 16 heavy (non-hydrogen) atoms. The molecule has 92 valence electrons. The third-order valence-electron chi connectivity index (χ3n) is 2.30. The van der Waals surface area contributed by atoms with E-state index in [1.54, 1.807) is 11.9 Å². The Morgan fingerprint density at radius 1 is 1.25 bits per heavy atom. The second-order valence-corrected chi connectivity index (χ2v) is 3.38. The van der Waals surface area contributed by atoms with Crippen LogP contribution in [0.1, 0.15) is 26.0 Å². The van der Waals surface area contributed by atoms with Crippen molar-refractivity contribution in [2.24, 2.45) is 0 Å². The van der Waals surface area contributed by atoms with Crippen molar-refractivity contribution in [3.8, 4) is 0 Å². The number of anilines is 1. The van der Waals surface area contributed by atoms with Crippen LogP contribution in [0.25, 0.3) is 0 Å². The molecule has 2 heterocycles. The zero-order chi connectivity index (χ0) is 12.3. The number of aryl methyl sites for hydroxylation is 1. The van der Waals surface area contributed by atoms with Gasteiger partial charge in [-0.05, 0) is 6.42 Å². The molecule has 1 aliphatic heterocycles. The van der Waals surface area contributed by atoms with Crippen molar-refractivity contribution in [3.05, 3.63) is 11.8 Å². The zero-order valence-electron chi connectivity index (χ0n) is 9.67. The van der Waals surface area contributed by atoms with Gasteiger partial charge in [-0.3, -0.25) is 0 Å². The Morgan fingerprint density at radius 2 is 1.88 bits per heavy atom. The van der Waals surface area contributed by atoms with Crippen LogP contribution in [0.15, 0.2) is 6.07 Å². The summed E-state index contributed by atoms with van der Waals surface area (Å²) in [5, 5.41) is 3.52. The van der Waals surface area contributed by atoms with E-state index in [4.69, 9.17) is 0 Å². The Bertz CT molecular complexity index is 344. The van der Waals surface area contributed by atoms with Gasteiger partial charge < -0.3 is 4.90 Å². The van der Waals surface area contributed by atoms with Gasteiger partial charge in [0.15, 0.2) is 5.69 Å². The Balaban J connectivity index is 0.000000606. The molecule has 1 aromatic rings. The lowest BCUT2D eigenvalue weighted by Crippen LogP contribution is -2.28. The van der Waals surface area contributed by atoms with E-state index in [-0.39, 0.29) is 0 Å². The van der Waals surface area contributed by atoms with E-state index in [2.05, 4.69) is 5.10 Å². The Hall–Kier alpha value is -1.20. The lowest BCUT2D eigenvalue weighted by atomic mass is 10.3. The molecule has 1 aliphatic rings. The van der Waals surface area contributed by atoms with Crippen LogP contribution in [0.4, 0.5) is 19.0 Å². The minimum atomic E-state index is -4.34. The molecule has 0 saturated heterocycles. The predicted molar refractivity (Wildman–Crippen MR) is 56.5 cm³/mol. The molecule has 6 heteroatoms. The van der Waals surface area contributed by atoms with Gasteiger partial charge in [0.2, 0.25) is 0 Å². The van der Waals surface area contributed by atoms with E-state index >= 15 is 0 Å². The quantitative estimate of drug-likeness (QED) is 0.689. The molecule has 0 saturated carbocycles. The second kappa shape index (κ2) is 4.76. The lowest BCUT2D eigenvalue weighted by molar-refractivity contribution is -0.141. The van der Waals surface area contributed by atoms with Gasteiger partial charge in [0.25, 0.3) is 0 Å². The monoisotopic (exact) mass is 235 g/mol. The van der Waals surface area contributed by atoms with E-state index in [1.165, 1.54) is 4.68 Å². The number of nitrogens with zero attached hydrogens (tertiary/aromatic N) is 3. The summed E-state index contributed by atoms with van der Waals surface area (Å²) in [6.07, 6.45) is -3.51. The number of aromatic nitrogens is 2. The van der Waals surface area contributed by atoms with Gasteiger partial charge in [-0.1, -0.05) is 13.8 Å². The highest BCUT2D eigenvalue weighted by molar-refractivity contribution is 5.41. The molecule has 0 unspecified atom stereocenters. The summed E-state index contributed by atoms with van der Waals surface area (Å²) in [6, 6.07) is 1.10. The molecule has 2 rings (SSSR count). The zero-order valence-corrected chi connectivity index (χ0v) is 9.67. The summed E-state index contributed by atoms with van der Waals surface area (Å²) in [7, 11) is 1.77. The largest absolute Gasteiger partial charge is 0.435 e. The van der Waals surface area contributed by atoms with Crippen molar-refractivity contribution < 1.29 is 13.2 Å². The van der Waals surface area contributed by atoms with Crippen LogP contribution in [0.5, 0.6) is 0 Å². The molecule has 0 aliphatic carbocycles. The number of hydrogen-bond donors (Lipinski definition) is 0. The van der Waals surface area contributed by atoms with Gasteiger partial charge in [0.1, 0.15) is 5.82 Å². The van der Waals surface area contributed by atoms with Crippen LogP contribution < -0.4 is 4.90 Å². The number of alkyl halides is 3. The summed E-state index contributed by atoms with van der Waals surface area (Å²) in [4.78, 5) is 1.78. The molecule has 0 spiro atoms. The Labute approximate surface area is 92.8 Å². The number of halogens is 3. The van der Waals surface area contributed by atoms with Crippen molar-refractivity contribution >= 4 is 5.82 Å². The first-order chi connectivity index (χ1) is 7.48. The summed E-state index contributed by atoms with van der Waals surface area (Å²) in [6.45, 7) is 5.35. The predicted octanol–water partition coefficient (Wildman–Crippen LogP) is 2.77. The van der Waals surface area contributed by atoms with Gasteiger partial charge in [0.05, 0.1) is 0 Å². The molecule has 0 N–H and O–H groups in total. The maximum atomic E-state index is 12.3. The van der Waals surface area contributed by atoms with Gasteiger partial charge in [-0.2, -0.15) is 18.3 Å². The first-order valence-corrected chi connectivity index (χ1v) is 5.34. The maximum absolute atomic E-state index is 12.3. The fraction of sp³-hybridized carbons (Fsp3) is 0.700. The van der Waals surface area contributed by atoms with Gasteiger partial charge in [-0.25, -0.2) is 4.68 Å². The standard InChI is InChI=1S/C8H10F3N3.C2H6/c1-13-3-2-4-14-7(13)5-6(12-14)8(9,10)11;1-2/h5H,2-4H2,1H3;1-2H3. The molecule has 3 nitrogen and oxygen atoms in total. The third-order valence-corrected chi connectivity index (χ3v) is 2.30. The number of rotatable bonds is 0. The van der Waals surface area contributed by atoms with E-state index in [0.717, 1.165) is 19.0 Å². The summed E-state index contributed by atoms with van der Waals surface area (Å²) < 4.78 is 38.3. The summed E-state index contributed by atoms with van der Waals surface area (Å²) in [5.41, 5.74) is -0.804. The Kier molecular flexibility index (Phi) is 3.83. The van der Waals surface area contributed by atoms with Crippen LogP contribution in [0.3, 0.4) is 0 Å². The van der Waals surface area contributed by atoms with E-state index in [9.17, 15) is 13.2 Å². The Morgan fingerprint density at radius 3 is 2.38 bits per heavy atom. The lowest BCUT2D eigenvalue weighted by Gasteiger charge is -2.24. The van der Waals surface area contributed by atoms with Crippen LogP contribution in [0, 0.1) is 0 Å². The SMILES string of the molecule is CC.CN1CCCn2nc(C(F)(F)F)cc21. The van der Waals surface area contributed by atoms with Crippen molar-refractivity contribution in [3.63, 3.8) is 0 Å². The van der Waals surface area contributed by atoms with Gasteiger partial charge >= 0.3 is 6.18 Å². The summed E-state index contributed by atoms with van der Waals surface area (Å²) in [5.74, 6) is 0.545. The van der Waals surface area contributed by atoms with Crippen molar-refractivity contribution in [2.45, 2.75) is 33.0 Å². The topological polar surface area (TPSA) is 21.1 Å². The third kappa shape index (κ3) is 2.48. The first-order valence-electron chi connectivity index (χ1n) is 5.34. The average molecular weight is 235 g/mol. The van der Waals surface area contributed by atoms with Crippen LogP contribution in [-0.4, -0.2) is 23.4 Å². The first kappa shape index (κ1) is 12.9. The smallest absolute Gasteiger partial charge is 0.360 e. The van der Waals surface area contributed by atoms with Gasteiger partial charge in [-0.15, -0.1) is 0 Å². The van der Waals surface area contributed by atoms with E-state index in [0.29, 0.717) is 12.4 Å². The molecular weight excluding hydrogens is 219 g/mol. The summed E-state index contributed by atoms with van der Waals surface area (Å²) >= 11 is 0. The van der Waals surface area contributed by atoms with Crippen molar-refractivity contribution in [1.29, 1.82) is 0 Å².